The topological polar surface area (TPSA) is 26.3 Å². The smallest absolute Gasteiger partial charge is 0.453 e. The lowest BCUT2D eigenvalue weighted by Crippen LogP contribution is -2.40. The first kappa shape index (κ1) is 14.6. The summed E-state index contributed by atoms with van der Waals surface area (Å²) >= 11 is 2.42. The Kier molecular flexibility index (Phi) is 4.95. The summed E-state index contributed by atoms with van der Waals surface area (Å²) in [5, 5.41) is 0. The van der Waals surface area contributed by atoms with E-state index in [2.05, 4.69) is 20.7 Å². The summed E-state index contributed by atoms with van der Waals surface area (Å²) in [7, 11) is 0. The molecule has 0 rings (SSSR count). The zero-order valence-corrected chi connectivity index (χ0v) is 9.16. The van der Waals surface area contributed by atoms with Crippen molar-refractivity contribution < 1.29 is 31.5 Å². The molecule has 8 heteroatoms. The van der Waals surface area contributed by atoms with Crippen molar-refractivity contribution in [3.8, 4) is 0 Å². The van der Waals surface area contributed by atoms with Crippen LogP contribution in [0.1, 0.15) is 13.3 Å². The van der Waals surface area contributed by atoms with Gasteiger partial charge in [0.15, 0.2) is 0 Å². The summed E-state index contributed by atoms with van der Waals surface area (Å²) in [5.74, 6) is -6.05. The van der Waals surface area contributed by atoms with Crippen molar-refractivity contribution in [2.75, 3.05) is 6.61 Å². The molecular weight excluding hydrogens is 291 g/mol. The van der Waals surface area contributed by atoms with Crippen LogP contribution in [0, 0.1) is 0 Å². The SMILES string of the molecule is CCOC(=O)C(Br)CC(F)(F)C(F)(F)F. The Morgan fingerprint density at radius 1 is 1.33 bits per heavy atom. The molecule has 0 N–H and O–H groups in total. The molecule has 1 unspecified atom stereocenters. The summed E-state index contributed by atoms with van der Waals surface area (Å²) in [5.41, 5.74) is 0. The van der Waals surface area contributed by atoms with Crippen molar-refractivity contribution in [3.63, 3.8) is 0 Å². The van der Waals surface area contributed by atoms with Crippen LogP contribution in [0.25, 0.3) is 0 Å². The highest BCUT2D eigenvalue weighted by molar-refractivity contribution is 9.10. The van der Waals surface area contributed by atoms with E-state index in [1.165, 1.54) is 6.92 Å². The van der Waals surface area contributed by atoms with Gasteiger partial charge >= 0.3 is 18.1 Å². The van der Waals surface area contributed by atoms with E-state index >= 15 is 0 Å². The Morgan fingerprint density at radius 3 is 2.13 bits per heavy atom. The van der Waals surface area contributed by atoms with Gasteiger partial charge in [-0.15, -0.1) is 0 Å². The van der Waals surface area contributed by atoms with E-state index in [1.54, 1.807) is 0 Å². The van der Waals surface area contributed by atoms with Gasteiger partial charge in [-0.3, -0.25) is 4.79 Å². The number of alkyl halides is 6. The molecule has 0 amide bonds. The van der Waals surface area contributed by atoms with E-state index in [1.807, 2.05) is 0 Å². The number of ether oxygens (including phenoxy) is 1. The summed E-state index contributed by atoms with van der Waals surface area (Å²) in [4.78, 5) is 9.11. The number of esters is 1. The van der Waals surface area contributed by atoms with E-state index in [4.69, 9.17) is 0 Å². The third-order valence-electron chi connectivity index (χ3n) is 1.39. The number of carbonyl (C=O) groups excluding carboxylic acids is 1. The van der Waals surface area contributed by atoms with Gasteiger partial charge < -0.3 is 4.74 Å². The lowest BCUT2D eigenvalue weighted by atomic mass is 10.2. The quantitative estimate of drug-likeness (QED) is 0.453. The van der Waals surface area contributed by atoms with Gasteiger partial charge in [0, 0.05) is 6.42 Å². The van der Waals surface area contributed by atoms with Crippen LogP contribution in [-0.4, -0.2) is 29.5 Å². The Bertz CT molecular complexity index is 228. The lowest BCUT2D eigenvalue weighted by molar-refractivity contribution is -0.283. The van der Waals surface area contributed by atoms with Crippen LogP contribution in [0.3, 0.4) is 0 Å². The first-order valence-electron chi connectivity index (χ1n) is 3.87. The molecule has 0 bridgehead atoms. The highest BCUT2D eigenvalue weighted by Gasteiger charge is 2.58. The molecule has 0 radical (unpaired) electrons. The molecule has 1 atom stereocenters. The van der Waals surface area contributed by atoms with Crippen molar-refractivity contribution >= 4 is 21.9 Å². The second-order valence-corrected chi connectivity index (χ2v) is 3.73. The summed E-state index contributed by atoms with van der Waals surface area (Å²) in [6.07, 6.45) is -7.33. The number of hydrogen-bond donors (Lipinski definition) is 0. The standard InChI is InChI=1S/C7H8BrF5O2/c1-2-15-5(14)4(8)3-6(9,10)7(11,12)13/h4H,2-3H2,1H3. The molecule has 15 heavy (non-hydrogen) atoms. The molecule has 90 valence electrons. The monoisotopic (exact) mass is 298 g/mol. The van der Waals surface area contributed by atoms with Crippen molar-refractivity contribution in [1.82, 2.24) is 0 Å². The number of rotatable bonds is 4. The zero-order valence-electron chi connectivity index (χ0n) is 7.58. The molecule has 0 aromatic heterocycles. The van der Waals surface area contributed by atoms with E-state index in [-0.39, 0.29) is 6.61 Å². The molecule has 0 spiro atoms. The van der Waals surface area contributed by atoms with Gasteiger partial charge in [0.1, 0.15) is 4.83 Å². The molecule has 0 aliphatic heterocycles. The van der Waals surface area contributed by atoms with Gasteiger partial charge in [-0.25, -0.2) is 0 Å². The van der Waals surface area contributed by atoms with Crippen LogP contribution >= 0.6 is 15.9 Å². The molecule has 0 aromatic carbocycles. The fourth-order valence-electron chi connectivity index (χ4n) is 0.657. The van der Waals surface area contributed by atoms with Gasteiger partial charge in [0.25, 0.3) is 0 Å². The lowest BCUT2D eigenvalue weighted by Gasteiger charge is -2.21. The number of carbonyl (C=O) groups is 1. The Balaban J connectivity index is 4.40. The van der Waals surface area contributed by atoms with E-state index in [9.17, 15) is 26.7 Å². The maximum absolute atomic E-state index is 12.4. The minimum Gasteiger partial charge on any atom is -0.465 e. The maximum Gasteiger partial charge on any atom is 0.453 e. The molecule has 0 heterocycles. The van der Waals surface area contributed by atoms with Crippen LogP contribution in [-0.2, 0) is 9.53 Å². The predicted octanol–water partition coefficient (Wildman–Crippen LogP) is 2.90. The third-order valence-corrected chi connectivity index (χ3v) is 2.09. The van der Waals surface area contributed by atoms with Gasteiger partial charge in [0.05, 0.1) is 6.61 Å². The molecule has 0 saturated heterocycles. The molecule has 0 saturated carbocycles. The fourth-order valence-corrected chi connectivity index (χ4v) is 1.20. The van der Waals surface area contributed by atoms with E-state index in [0.717, 1.165) is 0 Å². The normalized spacial score (nSPS) is 14.9. The van der Waals surface area contributed by atoms with Crippen molar-refractivity contribution in [3.05, 3.63) is 0 Å². The Morgan fingerprint density at radius 2 is 1.80 bits per heavy atom. The molecule has 0 fully saturated rings. The van der Waals surface area contributed by atoms with E-state index in [0.29, 0.717) is 0 Å². The average molecular weight is 299 g/mol. The highest BCUT2D eigenvalue weighted by Crippen LogP contribution is 2.40. The number of halogens is 6. The molecular formula is C7H8BrF5O2. The van der Waals surface area contributed by atoms with Gasteiger partial charge in [0.2, 0.25) is 0 Å². The summed E-state index contributed by atoms with van der Waals surface area (Å²) in [6, 6.07) is 0. The first-order valence-corrected chi connectivity index (χ1v) is 4.78. The van der Waals surface area contributed by atoms with Crippen LogP contribution in [0.2, 0.25) is 0 Å². The van der Waals surface area contributed by atoms with E-state index < -0.39 is 29.3 Å². The zero-order chi connectivity index (χ0) is 12.3. The average Bonchev–Trinajstić information content (AvgIpc) is 2.01. The fraction of sp³-hybridized carbons (Fsp3) is 0.857. The Labute approximate surface area is 90.9 Å². The second kappa shape index (κ2) is 5.09. The van der Waals surface area contributed by atoms with Crippen LogP contribution in [0.4, 0.5) is 22.0 Å². The minimum absolute atomic E-state index is 0.0848. The third kappa shape index (κ3) is 4.31. The molecule has 0 aliphatic carbocycles. The number of hydrogen-bond acceptors (Lipinski definition) is 2. The van der Waals surface area contributed by atoms with Crippen LogP contribution < -0.4 is 0 Å². The summed E-state index contributed by atoms with van der Waals surface area (Å²) in [6.45, 7) is 1.33. The summed E-state index contributed by atoms with van der Waals surface area (Å²) < 4.78 is 64.3. The van der Waals surface area contributed by atoms with Crippen molar-refractivity contribution in [2.24, 2.45) is 0 Å². The van der Waals surface area contributed by atoms with Crippen molar-refractivity contribution in [1.29, 1.82) is 0 Å². The highest BCUT2D eigenvalue weighted by atomic mass is 79.9. The maximum atomic E-state index is 12.4. The molecule has 0 aliphatic rings. The van der Waals surface area contributed by atoms with Crippen LogP contribution in [0.15, 0.2) is 0 Å². The van der Waals surface area contributed by atoms with Gasteiger partial charge in [-0.05, 0) is 6.92 Å². The largest absolute Gasteiger partial charge is 0.465 e. The molecule has 2 nitrogen and oxygen atoms in total. The van der Waals surface area contributed by atoms with Gasteiger partial charge in [-0.2, -0.15) is 22.0 Å². The van der Waals surface area contributed by atoms with Crippen molar-refractivity contribution in [2.45, 2.75) is 30.3 Å². The van der Waals surface area contributed by atoms with Crippen LogP contribution in [0.5, 0.6) is 0 Å². The minimum atomic E-state index is -5.66. The van der Waals surface area contributed by atoms with Gasteiger partial charge in [-0.1, -0.05) is 15.9 Å². The predicted molar refractivity (Wildman–Crippen MR) is 45.0 cm³/mol. The first-order chi connectivity index (χ1) is 6.62. The molecule has 0 aromatic rings. The second-order valence-electron chi connectivity index (χ2n) is 2.63. The Hall–Kier alpha value is -0.400.